The molecule has 1 heterocycles. The molecule has 0 radical (unpaired) electrons. The van der Waals surface area contributed by atoms with E-state index in [-0.39, 0.29) is 19.3 Å². The quantitative estimate of drug-likeness (QED) is 0.369. The number of hydrogen-bond acceptors (Lipinski definition) is 5. The maximum Gasteiger partial charge on any atom is 0.333 e. The van der Waals surface area contributed by atoms with Gasteiger partial charge in [-0.05, 0) is 18.6 Å². The highest BCUT2D eigenvalue weighted by atomic mass is 32.2. The number of carbonyl (C=O) groups is 3. The topological polar surface area (TPSA) is 63.7 Å². The molecule has 5 nitrogen and oxygen atoms in total. The summed E-state index contributed by atoms with van der Waals surface area (Å²) in [6.45, 7) is 6.77. The van der Waals surface area contributed by atoms with Crippen molar-refractivity contribution in [3.05, 3.63) is 0 Å². The number of hydroxylamine groups is 2. The van der Waals surface area contributed by atoms with E-state index in [0.29, 0.717) is 9.81 Å². The lowest BCUT2D eigenvalue weighted by Gasteiger charge is -2.17. The number of carbonyl (C=O) groups excluding carboxylic acids is 3. The first-order chi connectivity index (χ1) is 11.8. The van der Waals surface area contributed by atoms with Gasteiger partial charge in [-0.25, -0.2) is 4.79 Å². The summed E-state index contributed by atoms with van der Waals surface area (Å²) in [4.78, 5) is 39.1. The van der Waals surface area contributed by atoms with Crippen LogP contribution >= 0.6 is 11.8 Å². The highest BCUT2D eigenvalue weighted by Crippen LogP contribution is 2.24. The molecule has 2 amide bonds. The summed E-state index contributed by atoms with van der Waals surface area (Å²) in [6.07, 6.45) is 9.72. The van der Waals surface area contributed by atoms with Crippen LogP contribution in [0.25, 0.3) is 0 Å². The molecular weight excluding hydrogens is 338 g/mol. The number of hydrogen-bond donors (Lipinski definition) is 0. The number of rotatable bonds is 12. The standard InChI is InChI=1S/C19H33NO4S/c1-19(2,3)25-15-11-9-7-5-4-6-8-10-12-18(23)24-20-16(21)13-14-17(20)22/h4-15H2,1-3H3. The van der Waals surface area contributed by atoms with Crippen molar-refractivity contribution < 1.29 is 19.2 Å². The number of nitrogens with zero attached hydrogens (tertiary/aromatic N) is 1. The van der Waals surface area contributed by atoms with Crippen molar-refractivity contribution in [2.75, 3.05) is 5.75 Å². The van der Waals surface area contributed by atoms with E-state index >= 15 is 0 Å². The Hall–Kier alpha value is -1.04. The van der Waals surface area contributed by atoms with Crippen LogP contribution in [0.3, 0.4) is 0 Å². The van der Waals surface area contributed by atoms with Gasteiger partial charge in [-0.2, -0.15) is 11.8 Å². The van der Waals surface area contributed by atoms with Crippen LogP contribution in [0, 0.1) is 0 Å². The zero-order valence-corrected chi connectivity index (χ0v) is 16.8. The molecule has 1 aliphatic heterocycles. The monoisotopic (exact) mass is 371 g/mol. The van der Waals surface area contributed by atoms with Gasteiger partial charge < -0.3 is 4.84 Å². The van der Waals surface area contributed by atoms with Gasteiger partial charge >= 0.3 is 5.97 Å². The summed E-state index contributed by atoms with van der Waals surface area (Å²) in [5, 5.41) is 0.625. The number of unbranched alkanes of at least 4 members (excludes halogenated alkanes) is 7. The fourth-order valence-corrected chi connectivity index (χ4v) is 3.58. The molecule has 0 bridgehead atoms. The predicted molar refractivity (Wildman–Crippen MR) is 101 cm³/mol. The molecule has 1 rings (SSSR count). The molecule has 6 heteroatoms. The van der Waals surface area contributed by atoms with Crippen molar-refractivity contribution in [1.29, 1.82) is 0 Å². The lowest BCUT2D eigenvalue weighted by Crippen LogP contribution is -2.31. The van der Waals surface area contributed by atoms with Crippen LogP contribution in [-0.4, -0.2) is 33.3 Å². The lowest BCUT2D eigenvalue weighted by molar-refractivity contribution is -0.197. The second-order valence-corrected chi connectivity index (χ2v) is 9.51. The third-order valence-electron chi connectivity index (χ3n) is 4.01. The first-order valence-electron chi connectivity index (χ1n) is 9.50. The molecule has 0 aromatic carbocycles. The Kier molecular flexibility index (Phi) is 10.2. The Labute approximate surface area is 156 Å². The summed E-state index contributed by atoms with van der Waals surface area (Å²) in [6, 6.07) is 0. The third-order valence-corrected chi connectivity index (χ3v) is 5.37. The molecule has 25 heavy (non-hydrogen) atoms. The SMILES string of the molecule is CC(C)(C)SCCCCCCCCCCC(=O)ON1C(=O)CCC1=O. The molecule has 0 aromatic rings. The molecule has 0 N–H and O–H groups in total. The van der Waals surface area contributed by atoms with Crippen LogP contribution in [0.1, 0.15) is 91.4 Å². The van der Waals surface area contributed by atoms with Crippen LogP contribution < -0.4 is 0 Å². The van der Waals surface area contributed by atoms with E-state index in [1.807, 2.05) is 11.8 Å². The highest BCUT2D eigenvalue weighted by molar-refractivity contribution is 8.00. The number of imide groups is 1. The minimum Gasteiger partial charge on any atom is -0.330 e. The first kappa shape index (κ1) is 22.0. The van der Waals surface area contributed by atoms with Crippen LogP contribution in [0.4, 0.5) is 0 Å². The molecular formula is C19H33NO4S. The van der Waals surface area contributed by atoms with Crippen LogP contribution in [-0.2, 0) is 19.2 Å². The fraction of sp³-hybridized carbons (Fsp3) is 0.842. The average molecular weight is 372 g/mol. The van der Waals surface area contributed by atoms with Gasteiger partial charge in [0.1, 0.15) is 0 Å². The predicted octanol–water partition coefficient (Wildman–Crippen LogP) is 4.64. The highest BCUT2D eigenvalue weighted by Gasteiger charge is 2.32. The Balaban J connectivity index is 1.89. The summed E-state index contributed by atoms with van der Waals surface area (Å²) in [5.41, 5.74) is 0. The van der Waals surface area contributed by atoms with Crippen molar-refractivity contribution in [2.45, 2.75) is 96.1 Å². The van der Waals surface area contributed by atoms with Crippen molar-refractivity contribution in [3.8, 4) is 0 Å². The van der Waals surface area contributed by atoms with E-state index in [9.17, 15) is 14.4 Å². The number of amides is 2. The van der Waals surface area contributed by atoms with Gasteiger partial charge in [0.2, 0.25) is 0 Å². The van der Waals surface area contributed by atoms with E-state index in [4.69, 9.17) is 4.84 Å². The Bertz CT molecular complexity index is 429. The van der Waals surface area contributed by atoms with Gasteiger partial charge in [-0.15, -0.1) is 5.06 Å². The van der Waals surface area contributed by atoms with E-state index in [1.165, 1.54) is 37.9 Å². The second-order valence-electron chi connectivity index (χ2n) is 7.58. The molecule has 144 valence electrons. The van der Waals surface area contributed by atoms with Gasteiger partial charge in [0.15, 0.2) is 0 Å². The molecule has 0 spiro atoms. The van der Waals surface area contributed by atoms with Gasteiger partial charge in [0, 0.05) is 24.0 Å². The molecule has 1 aliphatic rings. The van der Waals surface area contributed by atoms with Crippen LogP contribution in [0.2, 0.25) is 0 Å². The van der Waals surface area contributed by atoms with E-state index in [0.717, 1.165) is 19.3 Å². The summed E-state index contributed by atoms with van der Waals surface area (Å²) >= 11 is 2.03. The minimum absolute atomic E-state index is 0.140. The average Bonchev–Trinajstić information content (AvgIpc) is 2.83. The summed E-state index contributed by atoms with van der Waals surface area (Å²) in [7, 11) is 0. The summed E-state index contributed by atoms with van der Waals surface area (Å²) < 4.78 is 0.372. The van der Waals surface area contributed by atoms with Crippen molar-refractivity contribution in [3.63, 3.8) is 0 Å². The Morgan fingerprint density at radius 1 is 0.920 bits per heavy atom. The Morgan fingerprint density at radius 2 is 1.40 bits per heavy atom. The smallest absolute Gasteiger partial charge is 0.330 e. The van der Waals surface area contributed by atoms with Gasteiger partial charge in [0.05, 0.1) is 0 Å². The van der Waals surface area contributed by atoms with Crippen molar-refractivity contribution in [1.82, 2.24) is 5.06 Å². The van der Waals surface area contributed by atoms with Gasteiger partial charge in [0.25, 0.3) is 11.8 Å². The van der Waals surface area contributed by atoms with Gasteiger partial charge in [-0.1, -0.05) is 59.3 Å². The molecule has 0 aromatic heterocycles. The first-order valence-corrected chi connectivity index (χ1v) is 10.5. The van der Waals surface area contributed by atoms with Crippen LogP contribution in [0.15, 0.2) is 0 Å². The second kappa shape index (κ2) is 11.6. The van der Waals surface area contributed by atoms with Crippen molar-refractivity contribution in [2.24, 2.45) is 0 Å². The molecule has 1 fully saturated rings. The zero-order valence-electron chi connectivity index (χ0n) is 16.0. The van der Waals surface area contributed by atoms with E-state index < -0.39 is 17.8 Å². The zero-order chi connectivity index (χ0) is 18.7. The van der Waals surface area contributed by atoms with E-state index in [2.05, 4.69) is 20.8 Å². The molecule has 0 saturated carbocycles. The maximum absolute atomic E-state index is 11.6. The van der Waals surface area contributed by atoms with Crippen molar-refractivity contribution >= 4 is 29.5 Å². The summed E-state index contributed by atoms with van der Waals surface area (Å²) in [5.74, 6) is -0.0772. The maximum atomic E-state index is 11.6. The number of thioether (sulfide) groups is 1. The lowest BCUT2D eigenvalue weighted by atomic mass is 10.1. The van der Waals surface area contributed by atoms with Gasteiger partial charge in [-0.3, -0.25) is 9.59 Å². The molecule has 0 aliphatic carbocycles. The molecule has 0 atom stereocenters. The fourth-order valence-electron chi connectivity index (χ4n) is 2.62. The largest absolute Gasteiger partial charge is 0.333 e. The molecule has 0 unspecified atom stereocenters. The third kappa shape index (κ3) is 10.5. The Morgan fingerprint density at radius 3 is 1.92 bits per heavy atom. The van der Waals surface area contributed by atoms with E-state index in [1.54, 1.807) is 0 Å². The molecule has 1 saturated heterocycles. The minimum atomic E-state index is -0.486. The van der Waals surface area contributed by atoms with Crippen LogP contribution in [0.5, 0.6) is 0 Å². The normalized spacial score (nSPS) is 15.1.